The molecule has 0 saturated heterocycles. The summed E-state index contributed by atoms with van der Waals surface area (Å²) in [5.41, 5.74) is 2.13. The fourth-order valence-corrected chi connectivity index (χ4v) is 2.92. The molecule has 2 aliphatic rings. The normalized spacial score (nSPS) is 34.4. The van der Waals surface area contributed by atoms with Gasteiger partial charge in [-0.05, 0) is 37.5 Å². The van der Waals surface area contributed by atoms with Crippen molar-refractivity contribution in [2.24, 2.45) is 10.8 Å². The lowest BCUT2D eigenvalue weighted by Crippen LogP contribution is -2.23. The van der Waals surface area contributed by atoms with Crippen molar-refractivity contribution in [3.63, 3.8) is 0 Å². The molecule has 0 amide bonds. The van der Waals surface area contributed by atoms with Gasteiger partial charge in [0, 0.05) is 6.42 Å². The monoisotopic (exact) mass is 202 g/mol. The van der Waals surface area contributed by atoms with E-state index in [9.17, 15) is 0 Å². The van der Waals surface area contributed by atoms with Gasteiger partial charge in [-0.3, -0.25) is 0 Å². The first-order valence-electron chi connectivity index (χ1n) is 6.22. The Morgan fingerprint density at radius 3 is 2.67 bits per heavy atom. The molecule has 0 aromatic rings. The van der Waals surface area contributed by atoms with Crippen LogP contribution in [0.15, 0.2) is 12.2 Å². The second kappa shape index (κ2) is 3.71. The molecule has 2 aliphatic carbocycles. The molecule has 0 heterocycles. The Hall–Kier alpha value is -0.700. The van der Waals surface area contributed by atoms with E-state index in [1.165, 1.54) is 37.7 Å². The van der Waals surface area contributed by atoms with Gasteiger partial charge in [-0.2, -0.15) is 0 Å². The van der Waals surface area contributed by atoms with Gasteiger partial charge in [0.2, 0.25) is 0 Å². The smallest absolute Gasteiger partial charge is 0.0520 e. The van der Waals surface area contributed by atoms with Crippen LogP contribution >= 0.6 is 0 Å². The third-order valence-corrected chi connectivity index (χ3v) is 4.24. The molecular formula is C15H22. The average molecular weight is 202 g/mol. The fourth-order valence-electron chi connectivity index (χ4n) is 2.92. The molecule has 0 heteroatoms. The Morgan fingerprint density at radius 2 is 1.93 bits per heavy atom. The highest BCUT2D eigenvalue weighted by Crippen LogP contribution is 2.47. The fraction of sp³-hybridized carbons (Fsp3) is 0.733. The van der Waals surface area contributed by atoms with E-state index in [1.54, 1.807) is 0 Å². The van der Waals surface area contributed by atoms with Crippen LogP contribution in [-0.2, 0) is 0 Å². The van der Waals surface area contributed by atoms with Gasteiger partial charge >= 0.3 is 0 Å². The molecule has 0 aliphatic heterocycles. The number of hydrogen-bond acceptors (Lipinski definition) is 0. The Morgan fingerprint density at radius 1 is 1.13 bits per heavy atom. The second-order valence-electron chi connectivity index (χ2n) is 6.01. The number of hydrogen-bond donors (Lipinski definition) is 0. The summed E-state index contributed by atoms with van der Waals surface area (Å²) in [5, 5.41) is 0. The first-order chi connectivity index (χ1) is 7.04. The maximum absolute atomic E-state index is 4.28. The van der Waals surface area contributed by atoms with Gasteiger partial charge in [0.15, 0.2) is 0 Å². The summed E-state index contributed by atoms with van der Waals surface area (Å²) in [6.07, 6.45) is 8.64. The van der Waals surface area contributed by atoms with Crippen LogP contribution in [0, 0.1) is 22.7 Å². The van der Waals surface area contributed by atoms with Crippen molar-refractivity contribution in [2.45, 2.75) is 58.8 Å². The molecule has 1 saturated carbocycles. The summed E-state index contributed by atoms with van der Waals surface area (Å²) < 4.78 is 0. The van der Waals surface area contributed by atoms with Crippen molar-refractivity contribution < 1.29 is 0 Å². The highest BCUT2D eigenvalue weighted by molar-refractivity contribution is 5.31. The van der Waals surface area contributed by atoms with E-state index in [0.717, 1.165) is 12.8 Å². The minimum atomic E-state index is 0.200. The molecule has 0 aromatic carbocycles. The van der Waals surface area contributed by atoms with E-state index in [1.807, 2.05) is 0 Å². The lowest BCUT2D eigenvalue weighted by atomic mass is 9.71. The zero-order chi connectivity index (χ0) is 10.9. The maximum atomic E-state index is 4.28. The maximum Gasteiger partial charge on any atom is 0.0520 e. The van der Waals surface area contributed by atoms with Gasteiger partial charge in [0.05, 0.1) is 5.41 Å². The third-order valence-electron chi connectivity index (χ3n) is 4.24. The van der Waals surface area contributed by atoms with Gasteiger partial charge in [-0.15, -0.1) is 5.92 Å². The molecule has 0 radical (unpaired) electrons. The van der Waals surface area contributed by atoms with Gasteiger partial charge < -0.3 is 0 Å². The molecule has 82 valence electrons. The van der Waals surface area contributed by atoms with Crippen molar-refractivity contribution in [3.8, 4) is 11.8 Å². The van der Waals surface area contributed by atoms with Crippen LogP contribution in [0.3, 0.4) is 0 Å². The average Bonchev–Trinajstić information content (AvgIpc) is 2.32. The Kier molecular flexibility index (Phi) is 2.67. The summed E-state index contributed by atoms with van der Waals surface area (Å²) in [6.45, 7) is 9.07. The summed E-state index contributed by atoms with van der Waals surface area (Å²) in [6, 6.07) is 0. The van der Waals surface area contributed by atoms with E-state index >= 15 is 0 Å². The zero-order valence-electron chi connectivity index (χ0n) is 10.2. The number of rotatable bonds is 0. The lowest BCUT2D eigenvalue weighted by molar-refractivity contribution is 0.301. The van der Waals surface area contributed by atoms with E-state index in [2.05, 4.69) is 32.3 Å². The highest BCUT2D eigenvalue weighted by Gasteiger charge is 2.36. The summed E-state index contributed by atoms with van der Waals surface area (Å²) in [5.74, 6) is 6.83. The van der Waals surface area contributed by atoms with Crippen LogP contribution in [0.2, 0.25) is 0 Å². The molecule has 0 aromatic heterocycles. The SMILES string of the molecule is C=C1CCC#CC12CCCC(C)(C)CC2. The molecule has 1 spiro atoms. The largest absolute Gasteiger partial charge is 0.102 e. The summed E-state index contributed by atoms with van der Waals surface area (Å²) >= 11 is 0. The summed E-state index contributed by atoms with van der Waals surface area (Å²) in [4.78, 5) is 0. The Bertz CT molecular complexity index is 324. The van der Waals surface area contributed by atoms with Crippen LogP contribution in [0.25, 0.3) is 0 Å². The molecule has 0 N–H and O–H groups in total. The van der Waals surface area contributed by atoms with Crippen LogP contribution in [0.5, 0.6) is 0 Å². The van der Waals surface area contributed by atoms with E-state index in [-0.39, 0.29) is 5.41 Å². The first-order valence-corrected chi connectivity index (χ1v) is 6.22. The van der Waals surface area contributed by atoms with E-state index < -0.39 is 0 Å². The highest BCUT2D eigenvalue weighted by atomic mass is 14.4. The van der Waals surface area contributed by atoms with Crippen molar-refractivity contribution in [1.29, 1.82) is 0 Å². The Labute approximate surface area is 94.1 Å². The minimum absolute atomic E-state index is 0.200. The van der Waals surface area contributed by atoms with Crippen LogP contribution in [0.4, 0.5) is 0 Å². The second-order valence-corrected chi connectivity index (χ2v) is 6.01. The predicted molar refractivity (Wildman–Crippen MR) is 65.4 cm³/mol. The van der Waals surface area contributed by atoms with Crippen LogP contribution < -0.4 is 0 Å². The first kappa shape index (κ1) is 10.8. The zero-order valence-corrected chi connectivity index (χ0v) is 10.2. The third kappa shape index (κ3) is 2.12. The van der Waals surface area contributed by atoms with Crippen LogP contribution in [0.1, 0.15) is 58.8 Å². The molecule has 0 bridgehead atoms. The molecular weight excluding hydrogens is 180 g/mol. The van der Waals surface area contributed by atoms with E-state index in [4.69, 9.17) is 0 Å². The molecule has 15 heavy (non-hydrogen) atoms. The van der Waals surface area contributed by atoms with Crippen LogP contribution in [-0.4, -0.2) is 0 Å². The van der Waals surface area contributed by atoms with Crippen molar-refractivity contribution >= 4 is 0 Å². The van der Waals surface area contributed by atoms with E-state index in [0.29, 0.717) is 5.41 Å². The molecule has 2 rings (SSSR count). The van der Waals surface area contributed by atoms with Crippen molar-refractivity contribution in [3.05, 3.63) is 12.2 Å². The Balaban J connectivity index is 2.21. The number of allylic oxidation sites excluding steroid dienone is 1. The molecule has 1 unspecified atom stereocenters. The van der Waals surface area contributed by atoms with Gasteiger partial charge in [-0.25, -0.2) is 0 Å². The molecule has 1 atom stereocenters. The van der Waals surface area contributed by atoms with Crippen molar-refractivity contribution in [1.82, 2.24) is 0 Å². The lowest BCUT2D eigenvalue weighted by Gasteiger charge is -2.32. The van der Waals surface area contributed by atoms with Gasteiger partial charge in [-0.1, -0.05) is 38.3 Å². The van der Waals surface area contributed by atoms with Gasteiger partial charge in [0.25, 0.3) is 0 Å². The summed E-state index contributed by atoms with van der Waals surface area (Å²) in [7, 11) is 0. The van der Waals surface area contributed by atoms with Gasteiger partial charge in [0.1, 0.15) is 0 Å². The van der Waals surface area contributed by atoms with Crippen molar-refractivity contribution in [2.75, 3.05) is 0 Å². The molecule has 0 nitrogen and oxygen atoms in total. The minimum Gasteiger partial charge on any atom is -0.102 e. The standard InChI is InChI=1S/C15H22/c1-13-7-4-5-9-15(13)10-6-8-14(2,3)11-12-15/h1,4,6-8,10-12H2,2-3H3. The topological polar surface area (TPSA) is 0 Å². The quantitative estimate of drug-likeness (QED) is 0.405. The predicted octanol–water partition coefficient (Wildman–Crippen LogP) is 4.32. The molecule has 1 fully saturated rings.